The van der Waals surface area contributed by atoms with Crippen LogP contribution in [-0.2, 0) is 6.54 Å². The van der Waals surface area contributed by atoms with Crippen molar-refractivity contribution in [1.82, 2.24) is 9.55 Å². The second-order valence-corrected chi connectivity index (χ2v) is 3.93. The molecule has 0 aliphatic carbocycles. The van der Waals surface area contributed by atoms with Gasteiger partial charge < -0.3 is 4.57 Å². The van der Waals surface area contributed by atoms with Crippen LogP contribution < -0.4 is 0 Å². The molecule has 7 heteroatoms. The predicted molar refractivity (Wildman–Crippen MR) is 64.8 cm³/mol. The van der Waals surface area contributed by atoms with E-state index in [1.54, 1.807) is 12.3 Å². The minimum atomic E-state index is -0.501. The lowest BCUT2D eigenvalue weighted by atomic mass is 10.2. The standard InChI is InChI=1S/C11H8ClN3O3/c12-9-2-1-3-10(15(17)18)8(9)6-14-5-4-13-11(14)7-16/h1-5,7H,6H2. The zero-order chi connectivity index (χ0) is 13.1. The lowest BCUT2D eigenvalue weighted by Gasteiger charge is -2.07. The van der Waals surface area contributed by atoms with E-state index >= 15 is 0 Å². The largest absolute Gasteiger partial charge is 0.324 e. The Bertz CT molecular complexity index is 609. The summed E-state index contributed by atoms with van der Waals surface area (Å²) in [6, 6.07) is 4.46. The number of aromatic nitrogens is 2. The number of hydrogen-bond acceptors (Lipinski definition) is 4. The van der Waals surface area contributed by atoms with E-state index in [1.807, 2.05) is 0 Å². The van der Waals surface area contributed by atoms with Crippen molar-refractivity contribution in [3.8, 4) is 0 Å². The maximum atomic E-state index is 10.9. The molecule has 92 valence electrons. The monoisotopic (exact) mass is 265 g/mol. The molecule has 0 aliphatic heterocycles. The van der Waals surface area contributed by atoms with Crippen molar-refractivity contribution in [2.75, 3.05) is 0 Å². The van der Waals surface area contributed by atoms with E-state index in [4.69, 9.17) is 11.6 Å². The van der Waals surface area contributed by atoms with Gasteiger partial charge in [-0.3, -0.25) is 14.9 Å². The molecule has 0 saturated heterocycles. The molecule has 0 radical (unpaired) electrons. The number of hydrogen-bond donors (Lipinski definition) is 0. The summed E-state index contributed by atoms with van der Waals surface area (Å²) in [5, 5.41) is 11.2. The Kier molecular flexibility index (Phi) is 3.38. The lowest BCUT2D eigenvalue weighted by Crippen LogP contribution is -2.06. The molecule has 1 aromatic carbocycles. The van der Waals surface area contributed by atoms with Crippen LogP contribution in [0.3, 0.4) is 0 Å². The summed E-state index contributed by atoms with van der Waals surface area (Å²) in [5.74, 6) is 0.198. The number of carbonyl (C=O) groups is 1. The number of aldehydes is 1. The molecule has 2 aromatic rings. The van der Waals surface area contributed by atoms with E-state index < -0.39 is 4.92 Å². The van der Waals surface area contributed by atoms with Gasteiger partial charge in [-0.25, -0.2) is 4.98 Å². The SMILES string of the molecule is O=Cc1nccn1Cc1c(Cl)cccc1[N+](=O)[O-]. The molecule has 18 heavy (non-hydrogen) atoms. The second kappa shape index (κ2) is 4.97. The molecule has 0 spiro atoms. The average Bonchev–Trinajstić information content (AvgIpc) is 2.78. The number of nitrogens with zero attached hydrogens (tertiary/aromatic N) is 3. The zero-order valence-electron chi connectivity index (χ0n) is 9.12. The molecule has 0 fully saturated rings. The van der Waals surface area contributed by atoms with Crippen molar-refractivity contribution >= 4 is 23.6 Å². The number of halogens is 1. The van der Waals surface area contributed by atoms with Gasteiger partial charge in [0, 0.05) is 18.5 Å². The Morgan fingerprint density at radius 1 is 1.50 bits per heavy atom. The highest BCUT2D eigenvalue weighted by atomic mass is 35.5. The van der Waals surface area contributed by atoms with Gasteiger partial charge in [0.2, 0.25) is 0 Å². The van der Waals surface area contributed by atoms with Crippen molar-refractivity contribution in [3.05, 3.63) is 57.1 Å². The van der Waals surface area contributed by atoms with Crippen molar-refractivity contribution in [2.45, 2.75) is 6.54 Å². The van der Waals surface area contributed by atoms with Crippen molar-refractivity contribution in [2.24, 2.45) is 0 Å². The van der Waals surface area contributed by atoms with Crippen molar-refractivity contribution in [1.29, 1.82) is 0 Å². The van der Waals surface area contributed by atoms with Crippen molar-refractivity contribution < 1.29 is 9.72 Å². The second-order valence-electron chi connectivity index (χ2n) is 3.53. The van der Waals surface area contributed by atoms with E-state index in [-0.39, 0.29) is 23.1 Å². The number of carbonyl (C=O) groups excluding carboxylic acids is 1. The van der Waals surface area contributed by atoms with Crippen molar-refractivity contribution in [3.63, 3.8) is 0 Å². The molecule has 0 N–H and O–H groups in total. The Hall–Kier alpha value is -2.21. The minimum absolute atomic E-state index is 0.0759. The molecule has 0 amide bonds. The highest BCUT2D eigenvalue weighted by Gasteiger charge is 2.17. The molecule has 1 heterocycles. The summed E-state index contributed by atoms with van der Waals surface area (Å²) in [7, 11) is 0. The van der Waals surface area contributed by atoms with Gasteiger partial charge in [-0.2, -0.15) is 0 Å². The van der Waals surface area contributed by atoms with Gasteiger partial charge in [-0.05, 0) is 6.07 Å². The fourth-order valence-electron chi connectivity index (χ4n) is 1.62. The summed E-state index contributed by atoms with van der Waals surface area (Å²) >= 11 is 5.96. The number of nitro benzene ring substituents is 1. The van der Waals surface area contributed by atoms with Crippen LogP contribution in [0.1, 0.15) is 16.2 Å². The number of nitro groups is 1. The average molecular weight is 266 g/mol. The van der Waals surface area contributed by atoms with Gasteiger partial charge in [0.15, 0.2) is 12.1 Å². The summed E-state index contributed by atoms with van der Waals surface area (Å²) < 4.78 is 1.50. The molecule has 6 nitrogen and oxygen atoms in total. The van der Waals surface area contributed by atoms with Gasteiger partial charge in [-0.15, -0.1) is 0 Å². The first-order chi connectivity index (χ1) is 8.63. The fourth-order valence-corrected chi connectivity index (χ4v) is 1.85. The normalized spacial score (nSPS) is 10.3. The predicted octanol–water partition coefficient (Wildman–Crippen LogP) is 2.31. The quantitative estimate of drug-likeness (QED) is 0.483. The highest BCUT2D eigenvalue weighted by Crippen LogP contribution is 2.27. The first-order valence-corrected chi connectivity index (χ1v) is 5.39. The van der Waals surface area contributed by atoms with Crippen LogP contribution in [0, 0.1) is 10.1 Å². The Morgan fingerprint density at radius 3 is 2.94 bits per heavy atom. The van der Waals surface area contributed by atoms with Crippen LogP contribution in [0.5, 0.6) is 0 Å². The molecule has 2 rings (SSSR count). The molecule has 0 aliphatic rings. The first kappa shape index (κ1) is 12.3. The fraction of sp³-hybridized carbons (Fsp3) is 0.0909. The highest BCUT2D eigenvalue weighted by molar-refractivity contribution is 6.31. The van der Waals surface area contributed by atoms with Gasteiger partial charge >= 0.3 is 0 Å². The van der Waals surface area contributed by atoms with Crippen LogP contribution in [0.25, 0.3) is 0 Å². The van der Waals surface area contributed by atoms with Gasteiger partial charge in [0.25, 0.3) is 5.69 Å². The third kappa shape index (κ3) is 2.23. The third-order valence-corrected chi connectivity index (χ3v) is 2.83. The first-order valence-electron chi connectivity index (χ1n) is 5.01. The Labute approximate surface area is 107 Å². The van der Waals surface area contributed by atoms with E-state index in [2.05, 4.69) is 4.98 Å². The van der Waals surface area contributed by atoms with Crippen LogP contribution in [0.15, 0.2) is 30.6 Å². The summed E-state index contributed by atoms with van der Waals surface area (Å²) in [6.07, 6.45) is 3.60. The van der Waals surface area contributed by atoms with Gasteiger partial charge in [0.1, 0.15) is 0 Å². The molecular formula is C11H8ClN3O3. The van der Waals surface area contributed by atoms with Crippen LogP contribution in [-0.4, -0.2) is 20.8 Å². The topological polar surface area (TPSA) is 78.0 Å². The molecule has 0 saturated carbocycles. The Balaban J connectivity index is 2.46. The van der Waals surface area contributed by atoms with E-state index in [1.165, 1.54) is 22.9 Å². The number of benzene rings is 1. The maximum absolute atomic E-state index is 10.9. The number of imidazole rings is 1. The van der Waals surface area contributed by atoms with E-state index in [9.17, 15) is 14.9 Å². The zero-order valence-corrected chi connectivity index (χ0v) is 9.87. The summed E-state index contributed by atoms with van der Waals surface area (Å²) in [5.41, 5.74) is 0.276. The van der Waals surface area contributed by atoms with Gasteiger partial charge in [-0.1, -0.05) is 17.7 Å². The Morgan fingerprint density at radius 2 is 2.28 bits per heavy atom. The lowest BCUT2D eigenvalue weighted by molar-refractivity contribution is -0.385. The molecule has 0 atom stereocenters. The van der Waals surface area contributed by atoms with Gasteiger partial charge in [0.05, 0.1) is 22.1 Å². The molecule has 0 unspecified atom stereocenters. The number of rotatable bonds is 4. The van der Waals surface area contributed by atoms with Crippen LogP contribution in [0.2, 0.25) is 5.02 Å². The molecule has 0 bridgehead atoms. The maximum Gasteiger partial charge on any atom is 0.275 e. The third-order valence-electron chi connectivity index (χ3n) is 2.47. The smallest absolute Gasteiger partial charge is 0.275 e. The van der Waals surface area contributed by atoms with Crippen LogP contribution >= 0.6 is 11.6 Å². The minimum Gasteiger partial charge on any atom is -0.324 e. The molecular weight excluding hydrogens is 258 g/mol. The molecule has 1 aromatic heterocycles. The van der Waals surface area contributed by atoms with E-state index in [0.29, 0.717) is 11.8 Å². The summed E-state index contributed by atoms with van der Waals surface area (Å²) in [4.78, 5) is 25.0. The van der Waals surface area contributed by atoms with Crippen LogP contribution in [0.4, 0.5) is 5.69 Å². The summed E-state index contributed by atoms with van der Waals surface area (Å²) in [6.45, 7) is 0.129. The van der Waals surface area contributed by atoms with E-state index in [0.717, 1.165) is 0 Å².